The fourth-order valence-corrected chi connectivity index (χ4v) is 3.38. The lowest BCUT2D eigenvalue weighted by atomic mass is 9.98. The van der Waals surface area contributed by atoms with Crippen molar-refractivity contribution in [3.63, 3.8) is 0 Å². The molecule has 2 rings (SSSR count). The number of thiophene rings is 1. The second kappa shape index (κ2) is 7.64. The SMILES string of the molecule is CC(C)NC(N)=NCC1CCCN(Cc2cccs2)C1. The van der Waals surface area contributed by atoms with Crippen LogP contribution in [0.1, 0.15) is 31.6 Å². The third-order valence-corrected chi connectivity index (χ3v) is 4.38. The van der Waals surface area contributed by atoms with Crippen molar-refractivity contribution < 1.29 is 0 Å². The first-order valence-corrected chi connectivity index (χ1v) is 8.32. The predicted octanol–water partition coefficient (Wildman–Crippen LogP) is 2.27. The first-order chi connectivity index (χ1) is 9.63. The average Bonchev–Trinajstić information content (AvgIpc) is 2.89. The fourth-order valence-electron chi connectivity index (χ4n) is 2.64. The minimum Gasteiger partial charge on any atom is -0.370 e. The van der Waals surface area contributed by atoms with Crippen molar-refractivity contribution in [1.29, 1.82) is 0 Å². The third kappa shape index (κ3) is 5.13. The summed E-state index contributed by atoms with van der Waals surface area (Å²) in [4.78, 5) is 8.48. The zero-order valence-corrected chi connectivity index (χ0v) is 13.3. The van der Waals surface area contributed by atoms with E-state index in [1.807, 2.05) is 11.3 Å². The van der Waals surface area contributed by atoms with E-state index in [0.717, 1.165) is 19.6 Å². The van der Waals surface area contributed by atoms with Crippen molar-refractivity contribution >= 4 is 17.3 Å². The van der Waals surface area contributed by atoms with Gasteiger partial charge in [-0.3, -0.25) is 9.89 Å². The molecular formula is C15H26N4S. The van der Waals surface area contributed by atoms with Gasteiger partial charge in [-0.2, -0.15) is 0 Å². The van der Waals surface area contributed by atoms with E-state index < -0.39 is 0 Å². The molecule has 1 fully saturated rings. The molecule has 1 unspecified atom stereocenters. The van der Waals surface area contributed by atoms with Crippen LogP contribution in [0.2, 0.25) is 0 Å². The Labute approximate surface area is 126 Å². The van der Waals surface area contributed by atoms with Crippen LogP contribution in [-0.2, 0) is 6.54 Å². The maximum atomic E-state index is 5.86. The van der Waals surface area contributed by atoms with Gasteiger partial charge in [0, 0.05) is 30.6 Å². The molecule has 0 bridgehead atoms. The van der Waals surface area contributed by atoms with Crippen molar-refractivity contribution in [1.82, 2.24) is 10.2 Å². The highest BCUT2D eigenvalue weighted by atomic mass is 32.1. The molecule has 1 aromatic heterocycles. The zero-order chi connectivity index (χ0) is 14.4. The van der Waals surface area contributed by atoms with E-state index in [1.54, 1.807) is 0 Å². The Kier molecular flexibility index (Phi) is 5.86. The van der Waals surface area contributed by atoms with E-state index in [9.17, 15) is 0 Å². The first-order valence-electron chi connectivity index (χ1n) is 7.44. The van der Waals surface area contributed by atoms with Crippen LogP contribution < -0.4 is 11.1 Å². The second-order valence-corrected chi connectivity index (χ2v) is 6.88. The summed E-state index contributed by atoms with van der Waals surface area (Å²) in [6.07, 6.45) is 2.53. The number of nitrogens with zero attached hydrogens (tertiary/aromatic N) is 2. The zero-order valence-electron chi connectivity index (χ0n) is 12.5. The molecule has 0 saturated carbocycles. The number of hydrogen-bond acceptors (Lipinski definition) is 3. The Morgan fingerprint density at radius 1 is 1.60 bits per heavy atom. The molecule has 112 valence electrons. The van der Waals surface area contributed by atoms with Crippen LogP contribution in [0.15, 0.2) is 22.5 Å². The van der Waals surface area contributed by atoms with Crippen LogP contribution in [-0.4, -0.2) is 36.5 Å². The standard InChI is InChI=1S/C15H26N4S/c1-12(2)18-15(16)17-9-13-5-3-7-19(10-13)11-14-6-4-8-20-14/h4,6,8,12-13H,3,5,7,9-11H2,1-2H3,(H3,16,17,18). The minimum absolute atomic E-state index is 0.348. The highest BCUT2D eigenvalue weighted by Crippen LogP contribution is 2.20. The summed E-state index contributed by atoms with van der Waals surface area (Å²) in [6, 6.07) is 4.70. The summed E-state index contributed by atoms with van der Waals surface area (Å²) in [5, 5.41) is 5.30. The first kappa shape index (κ1) is 15.3. The van der Waals surface area contributed by atoms with Gasteiger partial charge in [0.05, 0.1) is 0 Å². The van der Waals surface area contributed by atoms with E-state index in [2.05, 4.69) is 46.6 Å². The van der Waals surface area contributed by atoms with Gasteiger partial charge < -0.3 is 11.1 Å². The molecule has 1 atom stereocenters. The molecule has 4 nitrogen and oxygen atoms in total. The Bertz CT molecular complexity index is 414. The fraction of sp³-hybridized carbons (Fsp3) is 0.667. The number of piperidine rings is 1. The van der Waals surface area contributed by atoms with Gasteiger partial charge in [-0.15, -0.1) is 11.3 Å². The normalized spacial score (nSPS) is 21.4. The number of rotatable bonds is 5. The molecule has 1 aromatic rings. The molecule has 0 amide bonds. The molecule has 1 aliphatic heterocycles. The Morgan fingerprint density at radius 2 is 2.45 bits per heavy atom. The largest absolute Gasteiger partial charge is 0.370 e. The molecule has 3 N–H and O–H groups in total. The summed E-state index contributed by atoms with van der Waals surface area (Å²) in [7, 11) is 0. The van der Waals surface area contributed by atoms with E-state index in [1.165, 1.54) is 24.3 Å². The summed E-state index contributed by atoms with van der Waals surface area (Å²) in [5.41, 5.74) is 5.86. The molecule has 5 heteroatoms. The van der Waals surface area contributed by atoms with Gasteiger partial charge >= 0.3 is 0 Å². The van der Waals surface area contributed by atoms with Crippen molar-refractivity contribution in [3.05, 3.63) is 22.4 Å². The van der Waals surface area contributed by atoms with Crippen LogP contribution in [0.3, 0.4) is 0 Å². The number of nitrogens with one attached hydrogen (secondary N) is 1. The van der Waals surface area contributed by atoms with Gasteiger partial charge in [0.15, 0.2) is 5.96 Å². The third-order valence-electron chi connectivity index (χ3n) is 3.52. The van der Waals surface area contributed by atoms with Crippen molar-refractivity contribution in [2.75, 3.05) is 19.6 Å². The van der Waals surface area contributed by atoms with Crippen molar-refractivity contribution in [3.8, 4) is 0 Å². The summed E-state index contributed by atoms with van der Waals surface area (Å²) < 4.78 is 0. The molecule has 20 heavy (non-hydrogen) atoms. The lowest BCUT2D eigenvalue weighted by Gasteiger charge is -2.31. The molecule has 1 aliphatic rings. The van der Waals surface area contributed by atoms with E-state index >= 15 is 0 Å². The van der Waals surface area contributed by atoms with E-state index in [0.29, 0.717) is 17.9 Å². The predicted molar refractivity (Wildman–Crippen MR) is 87.1 cm³/mol. The van der Waals surface area contributed by atoms with Gasteiger partial charge in [0.25, 0.3) is 0 Å². The Hall–Kier alpha value is -1.07. The minimum atomic E-state index is 0.348. The maximum Gasteiger partial charge on any atom is 0.188 e. The number of nitrogens with two attached hydrogens (primary N) is 1. The smallest absolute Gasteiger partial charge is 0.188 e. The Morgan fingerprint density at radius 3 is 3.15 bits per heavy atom. The molecule has 1 saturated heterocycles. The molecule has 0 radical (unpaired) electrons. The van der Waals surface area contributed by atoms with Crippen LogP contribution in [0.5, 0.6) is 0 Å². The summed E-state index contributed by atoms with van der Waals surface area (Å²) in [5.74, 6) is 1.21. The van der Waals surface area contributed by atoms with Crippen LogP contribution in [0.4, 0.5) is 0 Å². The highest BCUT2D eigenvalue weighted by molar-refractivity contribution is 7.09. The van der Waals surface area contributed by atoms with Gasteiger partial charge in [0.1, 0.15) is 0 Å². The van der Waals surface area contributed by atoms with E-state index in [-0.39, 0.29) is 0 Å². The number of guanidine groups is 1. The van der Waals surface area contributed by atoms with Crippen LogP contribution >= 0.6 is 11.3 Å². The quantitative estimate of drug-likeness (QED) is 0.647. The Balaban J connectivity index is 1.78. The van der Waals surface area contributed by atoms with Gasteiger partial charge in [-0.05, 0) is 50.6 Å². The molecular weight excluding hydrogens is 268 g/mol. The number of likely N-dealkylation sites (tertiary alicyclic amines) is 1. The van der Waals surface area contributed by atoms with E-state index in [4.69, 9.17) is 5.73 Å². The number of hydrogen-bond donors (Lipinski definition) is 2. The average molecular weight is 294 g/mol. The maximum absolute atomic E-state index is 5.86. The topological polar surface area (TPSA) is 53.6 Å². The van der Waals surface area contributed by atoms with Crippen LogP contribution in [0, 0.1) is 5.92 Å². The molecule has 2 heterocycles. The molecule has 0 spiro atoms. The van der Waals surface area contributed by atoms with Crippen LogP contribution in [0.25, 0.3) is 0 Å². The summed E-state index contributed by atoms with van der Waals surface area (Å²) >= 11 is 1.84. The highest BCUT2D eigenvalue weighted by Gasteiger charge is 2.19. The molecule has 0 aromatic carbocycles. The van der Waals surface area contributed by atoms with Gasteiger partial charge in [-0.1, -0.05) is 6.07 Å². The lowest BCUT2D eigenvalue weighted by molar-refractivity contribution is 0.172. The second-order valence-electron chi connectivity index (χ2n) is 5.85. The van der Waals surface area contributed by atoms with Gasteiger partial charge in [-0.25, -0.2) is 0 Å². The number of aliphatic imine (C=N–C) groups is 1. The van der Waals surface area contributed by atoms with Crippen molar-refractivity contribution in [2.45, 2.75) is 39.3 Å². The lowest BCUT2D eigenvalue weighted by Crippen LogP contribution is -2.39. The summed E-state index contributed by atoms with van der Waals surface area (Å²) in [6.45, 7) is 8.41. The van der Waals surface area contributed by atoms with Gasteiger partial charge in [0.2, 0.25) is 0 Å². The molecule has 0 aliphatic carbocycles. The van der Waals surface area contributed by atoms with Crippen molar-refractivity contribution in [2.24, 2.45) is 16.6 Å². The monoisotopic (exact) mass is 294 g/mol.